The number of aldehydes is 1. The fraction of sp³-hybridized carbons (Fsp3) is 0.133. The van der Waals surface area contributed by atoms with E-state index in [4.69, 9.17) is 11.6 Å². The predicted molar refractivity (Wildman–Crippen MR) is 82.0 cm³/mol. The second-order valence-corrected chi connectivity index (χ2v) is 5.04. The van der Waals surface area contributed by atoms with Gasteiger partial charge in [0.25, 0.3) is 5.69 Å². The Morgan fingerprint density at radius 1 is 1.24 bits per heavy atom. The highest BCUT2D eigenvalue weighted by Crippen LogP contribution is 2.25. The van der Waals surface area contributed by atoms with Crippen LogP contribution in [0.5, 0.6) is 0 Å². The van der Waals surface area contributed by atoms with Gasteiger partial charge in [-0.15, -0.1) is 0 Å². The molecule has 2 rings (SSSR count). The summed E-state index contributed by atoms with van der Waals surface area (Å²) in [5, 5.41) is 11.4. The van der Waals surface area contributed by atoms with Crippen molar-refractivity contribution in [2.24, 2.45) is 0 Å². The number of hydrogen-bond acceptors (Lipinski definition) is 4. The highest BCUT2D eigenvalue weighted by Gasteiger charge is 2.13. The van der Waals surface area contributed by atoms with Gasteiger partial charge < -0.3 is 4.90 Å². The fourth-order valence-corrected chi connectivity index (χ4v) is 2.17. The molecule has 0 aliphatic rings. The molecule has 0 saturated heterocycles. The van der Waals surface area contributed by atoms with Gasteiger partial charge in [0.1, 0.15) is 0 Å². The summed E-state index contributed by atoms with van der Waals surface area (Å²) in [5.74, 6) is 0. The first kappa shape index (κ1) is 15.0. The zero-order chi connectivity index (χ0) is 15.4. The normalized spacial score (nSPS) is 10.2. The molecule has 0 heterocycles. The van der Waals surface area contributed by atoms with Crippen LogP contribution < -0.4 is 4.90 Å². The maximum atomic E-state index is 11.1. The summed E-state index contributed by atoms with van der Waals surface area (Å²) in [5.41, 5.74) is 1.86. The highest BCUT2D eigenvalue weighted by molar-refractivity contribution is 6.30. The average molecular weight is 305 g/mol. The molecule has 0 unspecified atom stereocenters. The second kappa shape index (κ2) is 6.37. The van der Waals surface area contributed by atoms with E-state index in [0.717, 1.165) is 5.56 Å². The molecule has 2 aromatic carbocycles. The summed E-state index contributed by atoms with van der Waals surface area (Å²) < 4.78 is 0. The van der Waals surface area contributed by atoms with Crippen molar-refractivity contribution in [2.45, 2.75) is 6.54 Å². The van der Waals surface area contributed by atoms with Crippen LogP contribution in [0.4, 0.5) is 11.4 Å². The minimum Gasteiger partial charge on any atom is -0.370 e. The Bertz CT molecular complexity index is 671. The van der Waals surface area contributed by atoms with E-state index < -0.39 is 4.92 Å². The van der Waals surface area contributed by atoms with E-state index in [1.807, 2.05) is 24.1 Å². The maximum Gasteiger partial charge on any atom is 0.270 e. The van der Waals surface area contributed by atoms with Gasteiger partial charge in [-0.25, -0.2) is 0 Å². The number of hydrogen-bond donors (Lipinski definition) is 0. The molecule has 0 atom stereocenters. The van der Waals surface area contributed by atoms with Gasteiger partial charge in [-0.2, -0.15) is 0 Å². The second-order valence-electron chi connectivity index (χ2n) is 4.60. The Kier molecular flexibility index (Phi) is 4.55. The number of non-ortho nitro benzene ring substituents is 1. The summed E-state index contributed by atoms with van der Waals surface area (Å²) in [6.07, 6.45) is 0.626. The molecule has 6 heteroatoms. The van der Waals surface area contributed by atoms with Crippen LogP contribution >= 0.6 is 11.6 Å². The number of carbonyl (C=O) groups excluding carboxylic acids is 1. The van der Waals surface area contributed by atoms with Gasteiger partial charge in [0.05, 0.1) is 4.92 Å². The molecule has 0 aromatic heterocycles. The topological polar surface area (TPSA) is 63.4 Å². The molecule has 0 fully saturated rings. The van der Waals surface area contributed by atoms with Gasteiger partial charge in [-0.05, 0) is 23.8 Å². The van der Waals surface area contributed by atoms with Crippen LogP contribution in [0.25, 0.3) is 0 Å². The van der Waals surface area contributed by atoms with Gasteiger partial charge in [0.15, 0.2) is 6.29 Å². The minimum absolute atomic E-state index is 0.0965. The number of nitrogens with zero attached hydrogens (tertiary/aromatic N) is 2. The van der Waals surface area contributed by atoms with Crippen molar-refractivity contribution in [1.82, 2.24) is 0 Å². The van der Waals surface area contributed by atoms with Gasteiger partial charge in [0, 0.05) is 42.0 Å². The molecule has 0 radical (unpaired) electrons. The van der Waals surface area contributed by atoms with Gasteiger partial charge in [0.2, 0.25) is 0 Å². The van der Waals surface area contributed by atoms with Gasteiger partial charge in [-0.3, -0.25) is 14.9 Å². The van der Waals surface area contributed by atoms with Crippen molar-refractivity contribution in [2.75, 3.05) is 11.9 Å². The first-order chi connectivity index (χ1) is 10.0. The Morgan fingerprint density at radius 3 is 2.48 bits per heavy atom. The minimum atomic E-state index is -0.518. The number of nitro groups is 1. The van der Waals surface area contributed by atoms with Crippen LogP contribution in [-0.2, 0) is 6.54 Å². The lowest BCUT2D eigenvalue weighted by molar-refractivity contribution is -0.384. The quantitative estimate of drug-likeness (QED) is 0.480. The Hall–Kier alpha value is -2.40. The molecule has 0 aliphatic heterocycles. The standard InChI is InChI=1S/C15H13ClN2O3/c1-17(9-11-2-4-13(16)5-3-11)15-7-6-14(18(20)21)8-12(15)10-19/h2-8,10H,9H2,1H3. The summed E-state index contributed by atoms with van der Waals surface area (Å²) in [6.45, 7) is 0.565. The summed E-state index contributed by atoms with van der Waals surface area (Å²) in [6, 6.07) is 11.6. The predicted octanol–water partition coefficient (Wildman–Crippen LogP) is 3.70. The highest BCUT2D eigenvalue weighted by atomic mass is 35.5. The van der Waals surface area contributed by atoms with Crippen LogP contribution in [0.2, 0.25) is 5.02 Å². The summed E-state index contributed by atoms with van der Waals surface area (Å²) in [4.78, 5) is 23.2. The summed E-state index contributed by atoms with van der Waals surface area (Å²) in [7, 11) is 1.82. The average Bonchev–Trinajstić information content (AvgIpc) is 2.48. The number of carbonyl (C=O) groups is 1. The smallest absolute Gasteiger partial charge is 0.270 e. The molecule has 108 valence electrons. The molecule has 0 aliphatic carbocycles. The van der Waals surface area contributed by atoms with Crippen molar-refractivity contribution >= 4 is 29.3 Å². The lowest BCUT2D eigenvalue weighted by Crippen LogP contribution is -2.18. The van der Waals surface area contributed by atoms with Crippen molar-refractivity contribution in [1.29, 1.82) is 0 Å². The van der Waals surface area contributed by atoms with Crippen molar-refractivity contribution in [3.63, 3.8) is 0 Å². The van der Waals surface area contributed by atoms with Gasteiger partial charge in [-0.1, -0.05) is 23.7 Å². The number of halogens is 1. The van der Waals surface area contributed by atoms with Gasteiger partial charge >= 0.3 is 0 Å². The number of anilines is 1. The lowest BCUT2D eigenvalue weighted by atomic mass is 10.1. The Balaban J connectivity index is 2.26. The molecule has 0 bridgehead atoms. The monoisotopic (exact) mass is 304 g/mol. The zero-order valence-electron chi connectivity index (χ0n) is 11.3. The van der Waals surface area contributed by atoms with Crippen LogP contribution in [0.15, 0.2) is 42.5 Å². The van der Waals surface area contributed by atoms with E-state index >= 15 is 0 Å². The maximum absolute atomic E-state index is 11.1. The van der Waals surface area contributed by atoms with E-state index in [-0.39, 0.29) is 5.69 Å². The Labute approximate surface area is 126 Å². The third-order valence-corrected chi connectivity index (χ3v) is 3.35. The van der Waals surface area contributed by atoms with E-state index in [1.54, 1.807) is 18.2 Å². The number of nitro benzene ring substituents is 1. The largest absolute Gasteiger partial charge is 0.370 e. The van der Waals surface area contributed by atoms with E-state index in [0.29, 0.717) is 29.1 Å². The van der Waals surface area contributed by atoms with E-state index in [1.165, 1.54) is 12.1 Å². The van der Waals surface area contributed by atoms with Crippen LogP contribution in [0, 0.1) is 10.1 Å². The number of benzene rings is 2. The van der Waals surface area contributed by atoms with Crippen molar-refractivity contribution in [3.05, 3.63) is 68.7 Å². The third-order valence-electron chi connectivity index (χ3n) is 3.09. The molecule has 0 amide bonds. The van der Waals surface area contributed by atoms with Crippen LogP contribution in [0.1, 0.15) is 15.9 Å². The summed E-state index contributed by atoms with van der Waals surface area (Å²) >= 11 is 5.84. The molecule has 5 nitrogen and oxygen atoms in total. The molecule has 21 heavy (non-hydrogen) atoms. The molecule has 0 N–H and O–H groups in total. The zero-order valence-corrected chi connectivity index (χ0v) is 12.1. The first-order valence-corrected chi connectivity index (χ1v) is 6.58. The molecule has 0 spiro atoms. The van der Waals surface area contributed by atoms with E-state index in [9.17, 15) is 14.9 Å². The fourth-order valence-electron chi connectivity index (χ4n) is 2.05. The molecular weight excluding hydrogens is 292 g/mol. The first-order valence-electron chi connectivity index (χ1n) is 6.20. The Morgan fingerprint density at radius 2 is 1.90 bits per heavy atom. The van der Waals surface area contributed by atoms with Crippen LogP contribution in [-0.4, -0.2) is 18.3 Å². The molecule has 0 saturated carbocycles. The number of rotatable bonds is 5. The lowest BCUT2D eigenvalue weighted by Gasteiger charge is -2.21. The third kappa shape index (κ3) is 3.58. The van der Waals surface area contributed by atoms with Crippen LogP contribution in [0.3, 0.4) is 0 Å². The SMILES string of the molecule is CN(Cc1ccc(Cl)cc1)c1ccc([N+](=O)[O-])cc1C=O. The molecular formula is C15H13ClN2O3. The molecule has 2 aromatic rings. The van der Waals surface area contributed by atoms with Crippen molar-refractivity contribution < 1.29 is 9.72 Å². The van der Waals surface area contributed by atoms with Crippen molar-refractivity contribution in [3.8, 4) is 0 Å². The van der Waals surface area contributed by atoms with E-state index in [2.05, 4.69) is 0 Å².